The Kier molecular flexibility index (Phi) is 5.41. The van der Waals surface area contributed by atoms with Gasteiger partial charge < -0.3 is 25.0 Å². The molecule has 18 heavy (non-hydrogen) atoms. The molecule has 6 heteroatoms. The van der Waals surface area contributed by atoms with E-state index in [1.807, 2.05) is 0 Å². The fourth-order valence-electron chi connectivity index (χ4n) is 1.48. The van der Waals surface area contributed by atoms with Crippen molar-refractivity contribution in [1.29, 1.82) is 0 Å². The monoisotopic (exact) mass is 255 g/mol. The molecule has 100 valence electrons. The van der Waals surface area contributed by atoms with Crippen molar-refractivity contribution >= 4 is 5.91 Å². The van der Waals surface area contributed by atoms with E-state index in [2.05, 4.69) is 5.32 Å². The van der Waals surface area contributed by atoms with E-state index in [0.29, 0.717) is 11.5 Å². The Morgan fingerprint density at radius 3 is 2.44 bits per heavy atom. The lowest BCUT2D eigenvalue weighted by Crippen LogP contribution is -2.40. The van der Waals surface area contributed by atoms with Crippen LogP contribution in [0.15, 0.2) is 18.2 Å². The maximum atomic E-state index is 12.0. The molecule has 0 radical (unpaired) electrons. The summed E-state index contributed by atoms with van der Waals surface area (Å²) >= 11 is 0. The minimum absolute atomic E-state index is 0.281. The molecule has 0 aliphatic carbocycles. The first-order valence-corrected chi connectivity index (χ1v) is 5.41. The van der Waals surface area contributed by atoms with E-state index in [4.69, 9.17) is 19.7 Å². The highest BCUT2D eigenvalue weighted by Gasteiger charge is 2.18. The number of hydrogen-bond donors (Lipinski definition) is 3. The largest absolute Gasteiger partial charge is 0.493 e. The van der Waals surface area contributed by atoms with Gasteiger partial charge in [-0.25, -0.2) is 0 Å². The van der Waals surface area contributed by atoms with Crippen LogP contribution in [0.1, 0.15) is 10.4 Å². The van der Waals surface area contributed by atoms with Crippen LogP contribution in [0.25, 0.3) is 0 Å². The third-order valence-electron chi connectivity index (χ3n) is 2.42. The van der Waals surface area contributed by atoms with Crippen molar-refractivity contribution < 1.29 is 24.5 Å². The number of methoxy groups -OCH3 is 2. The summed E-state index contributed by atoms with van der Waals surface area (Å²) in [6.45, 7) is -0.678. The summed E-state index contributed by atoms with van der Waals surface area (Å²) in [4.78, 5) is 12.0. The standard InChI is InChI=1S/C12H17NO5/c1-17-10-5-3-4-9(11(10)18-2)12(16)13-8(6-14)7-15/h3-5,8,14-15H,6-7H2,1-2H3,(H,13,16). The maximum absolute atomic E-state index is 12.0. The smallest absolute Gasteiger partial charge is 0.255 e. The molecule has 0 saturated heterocycles. The Labute approximate surface area is 105 Å². The minimum atomic E-state index is -0.701. The van der Waals surface area contributed by atoms with Crippen LogP contribution < -0.4 is 14.8 Å². The van der Waals surface area contributed by atoms with Crippen LogP contribution in [0.2, 0.25) is 0 Å². The average Bonchev–Trinajstić information content (AvgIpc) is 2.43. The Morgan fingerprint density at radius 2 is 1.94 bits per heavy atom. The lowest BCUT2D eigenvalue weighted by atomic mass is 10.1. The SMILES string of the molecule is COc1cccc(C(=O)NC(CO)CO)c1OC. The summed E-state index contributed by atoms with van der Waals surface area (Å²) in [5.41, 5.74) is 0.281. The highest BCUT2D eigenvalue weighted by molar-refractivity contribution is 5.98. The van der Waals surface area contributed by atoms with Crippen molar-refractivity contribution in [1.82, 2.24) is 5.32 Å². The number of carbonyl (C=O) groups is 1. The van der Waals surface area contributed by atoms with Crippen molar-refractivity contribution in [3.05, 3.63) is 23.8 Å². The fourth-order valence-corrected chi connectivity index (χ4v) is 1.48. The number of aliphatic hydroxyl groups is 2. The van der Waals surface area contributed by atoms with E-state index in [0.717, 1.165) is 0 Å². The molecule has 1 aromatic carbocycles. The number of ether oxygens (including phenoxy) is 2. The Morgan fingerprint density at radius 1 is 1.28 bits per heavy atom. The van der Waals surface area contributed by atoms with Gasteiger partial charge in [-0.3, -0.25) is 4.79 Å². The molecule has 1 rings (SSSR count). The van der Waals surface area contributed by atoms with Crippen LogP contribution in [0.3, 0.4) is 0 Å². The van der Waals surface area contributed by atoms with Crippen molar-refractivity contribution in [2.24, 2.45) is 0 Å². The van der Waals surface area contributed by atoms with E-state index in [-0.39, 0.29) is 18.8 Å². The molecular formula is C12H17NO5. The van der Waals surface area contributed by atoms with Gasteiger partial charge in [0, 0.05) is 0 Å². The molecule has 0 aliphatic rings. The van der Waals surface area contributed by atoms with Gasteiger partial charge in [0.2, 0.25) is 0 Å². The van der Waals surface area contributed by atoms with Crippen LogP contribution in [0.4, 0.5) is 0 Å². The molecule has 3 N–H and O–H groups in total. The second kappa shape index (κ2) is 6.83. The average molecular weight is 255 g/mol. The molecule has 1 aromatic rings. The van der Waals surface area contributed by atoms with E-state index in [1.54, 1.807) is 18.2 Å². The Balaban J connectivity index is 2.98. The summed E-state index contributed by atoms with van der Waals surface area (Å²) in [7, 11) is 2.91. The lowest BCUT2D eigenvalue weighted by Gasteiger charge is -2.16. The number of aliphatic hydroxyl groups excluding tert-OH is 2. The zero-order valence-electron chi connectivity index (χ0n) is 10.3. The first kappa shape index (κ1) is 14.3. The van der Waals surface area contributed by atoms with Gasteiger partial charge in [0.25, 0.3) is 5.91 Å². The highest BCUT2D eigenvalue weighted by atomic mass is 16.5. The summed E-state index contributed by atoms with van der Waals surface area (Å²) in [5.74, 6) is 0.306. The molecule has 1 amide bonds. The number of para-hydroxylation sites is 1. The molecule has 0 fully saturated rings. The summed E-state index contributed by atoms with van der Waals surface area (Å²) in [6, 6.07) is 4.20. The predicted octanol–water partition coefficient (Wildman–Crippen LogP) is -0.213. The molecule has 6 nitrogen and oxygen atoms in total. The van der Waals surface area contributed by atoms with Gasteiger partial charge in [0.15, 0.2) is 11.5 Å². The first-order valence-electron chi connectivity index (χ1n) is 5.41. The number of benzene rings is 1. The van der Waals surface area contributed by atoms with Gasteiger partial charge in [-0.15, -0.1) is 0 Å². The van der Waals surface area contributed by atoms with Crippen molar-refractivity contribution in [3.8, 4) is 11.5 Å². The highest BCUT2D eigenvalue weighted by Crippen LogP contribution is 2.30. The van der Waals surface area contributed by atoms with Gasteiger partial charge in [-0.2, -0.15) is 0 Å². The third-order valence-corrected chi connectivity index (χ3v) is 2.42. The van der Waals surface area contributed by atoms with Crippen LogP contribution in [-0.2, 0) is 0 Å². The Hall–Kier alpha value is -1.79. The van der Waals surface area contributed by atoms with Crippen molar-refractivity contribution in [3.63, 3.8) is 0 Å². The van der Waals surface area contributed by atoms with Crippen LogP contribution in [0.5, 0.6) is 11.5 Å². The molecule has 0 aromatic heterocycles. The van der Waals surface area contributed by atoms with Crippen LogP contribution in [0, 0.1) is 0 Å². The second-order valence-corrected chi connectivity index (χ2v) is 3.58. The summed E-state index contributed by atoms with van der Waals surface area (Å²) in [5, 5.41) is 20.3. The van der Waals surface area contributed by atoms with Gasteiger partial charge in [0.1, 0.15) is 0 Å². The van der Waals surface area contributed by atoms with Gasteiger partial charge >= 0.3 is 0 Å². The van der Waals surface area contributed by atoms with Gasteiger partial charge in [-0.05, 0) is 12.1 Å². The zero-order valence-corrected chi connectivity index (χ0v) is 10.3. The molecule has 0 bridgehead atoms. The molecule has 0 saturated carbocycles. The van der Waals surface area contributed by atoms with E-state index >= 15 is 0 Å². The van der Waals surface area contributed by atoms with E-state index < -0.39 is 11.9 Å². The van der Waals surface area contributed by atoms with E-state index in [1.165, 1.54) is 14.2 Å². The molecule has 0 aliphatic heterocycles. The minimum Gasteiger partial charge on any atom is -0.493 e. The first-order chi connectivity index (χ1) is 8.67. The number of carbonyl (C=O) groups excluding carboxylic acids is 1. The topological polar surface area (TPSA) is 88.0 Å². The van der Waals surface area contributed by atoms with E-state index in [9.17, 15) is 4.79 Å². The Bertz CT molecular complexity index is 403. The molecule has 0 unspecified atom stereocenters. The summed E-state index contributed by atoms with van der Waals surface area (Å²) in [6.07, 6.45) is 0. The van der Waals surface area contributed by atoms with Crippen LogP contribution in [-0.4, -0.2) is 49.6 Å². The number of nitrogens with one attached hydrogen (secondary N) is 1. The quantitative estimate of drug-likeness (QED) is 0.654. The van der Waals surface area contributed by atoms with Crippen molar-refractivity contribution in [2.45, 2.75) is 6.04 Å². The van der Waals surface area contributed by atoms with Crippen LogP contribution >= 0.6 is 0 Å². The lowest BCUT2D eigenvalue weighted by molar-refractivity contribution is 0.0876. The summed E-state index contributed by atoms with van der Waals surface area (Å²) < 4.78 is 10.2. The second-order valence-electron chi connectivity index (χ2n) is 3.58. The number of hydrogen-bond acceptors (Lipinski definition) is 5. The number of amides is 1. The fraction of sp³-hybridized carbons (Fsp3) is 0.417. The zero-order chi connectivity index (χ0) is 13.5. The predicted molar refractivity (Wildman–Crippen MR) is 65.0 cm³/mol. The van der Waals surface area contributed by atoms with Gasteiger partial charge in [-0.1, -0.05) is 6.07 Å². The van der Waals surface area contributed by atoms with Crippen molar-refractivity contribution in [2.75, 3.05) is 27.4 Å². The maximum Gasteiger partial charge on any atom is 0.255 e. The third kappa shape index (κ3) is 3.12. The number of rotatable bonds is 6. The van der Waals surface area contributed by atoms with Gasteiger partial charge in [0.05, 0.1) is 39.0 Å². The molecule has 0 atom stereocenters. The normalized spacial score (nSPS) is 10.3. The molecule has 0 heterocycles. The molecular weight excluding hydrogens is 238 g/mol. The molecule has 0 spiro atoms.